The second kappa shape index (κ2) is 8.90. The zero-order chi connectivity index (χ0) is 12.5. The van der Waals surface area contributed by atoms with Crippen LogP contribution >= 0.6 is 0 Å². The Balaban J connectivity index is 2.04. The van der Waals surface area contributed by atoms with Crippen LogP contribution in [0.1, 0.15) is 40.0 Å². The second-order valence-electron chi connectivity index (χ2n) is 5.59. The van der Waals surface area contributed by atoms with Gasteiger partial charge in [0.15, 0.2) is 0 Å². The largest absolute Gasteiger partial charge is 0.380 e. The van der Waals surface area contributed by atoms with Crippen molar-refractivity contribution in [2.45, 2.75) is 46.1 Å². The van der Waals surface area contributed by atoms with E-state index in [1.165, 1.54) is 25.8 Å². The molecule has 0 bridgehead atoms. The minimum Gasteiger partial charge on any atom is -0.380 e. The molecule has 0 aliphatic carbocycles. The van der Waals surface area contributed by atoms with E-state index in [0.29, 0.717) is 6.04 Å². The van der Waals surface area contributed by atoms with Gasteiger partial charge in [-0.05, 0) is 45.2 Å². The van der Waals surface area contributed by atoms with E-state index in [-0.39, 0.29) is 0 Å². The molecule has 3 heteroatoms. The van der Waals surface area contributed by atoms with Gasteiger partial charge in [-0.2, -0.15) is 0 Å². The third-order valence-electron chi connectivity index (χ3n) is 3.41. The molecule has 1 rings (SSSR count). The summed E-state index contributed by atoms with van der Waals surface area (Å²) in [4.78, 5) is 2.58. The van der Waals surface area contributed by atoms with E-state index >= 15 is 0 Å². The summed E-state index contributed by atoms with van der Waals surface area (Å²) in [5.41, 5.74) is 0. The van der Waals surface area contributed by atoms with E-state index in [2.05, 4.69) is 31.0 Å². The molecular weight excluding hydrogens is 212 g/mol. The van der Waals surface area contributed by atoms with Crippen LogP contribution in [0.25, 0.3) is 0 Å². The Morgan fingerprint density at radius 1 is 1.18 bits per heavy atom. The minimum atomic E-state index is 0.706. The van der Waals surface area contributed by atoms with E-state index in [9.17, 15) is 0 Å². The summed E-state index contributed by atoms with van der Waals surface area (Å²) in [5.74, 6) is 0.759. The second-order valence-corrected chi connectivity index (χ2v) is 5.59. The van der Waals surface area contributed by atoms with Gasteiger partial charge in [0.05, 0.1) is 6.61 Å². The molecule has 0 spiro atoms. The fraction of sp³-hybridized carbons (Fsp3) is 1.00. The highest BCUT2D eigenvalue weighted by molar-refractivity contribution is 4.69. The summed E-state index contributed by atoms with van der Waals surface area (Å²) < 4.78 is 5.49. The van der Waals surface area contributed by atoms with Crippen molar-refractivity contribution >= 4 is 0 Å². The average Bonchev–Trinajstić information content (AvgIpc) is 2.56. The summed E-state index contributed by atoms with van der Waals surface area (Å²) >= 11 is 0. The first kappa shape index (κ1) is 14.9. The quantitative estimate of drug-likeness (QED) is 0.692. The SMILES string of the molecule is CC(C)CNCCCC(C)N1CCCOCC1. The number of hydrogen-bond donors (Lipinski definition) is 1. The van der Waals surface area contributed by atoms with Gasteiger partial charge in [-0.15, -0.1) is 0 Å². The Morgan fingerprint density at radius 2 is 2.00 bits per heavy atom. The number of hydrogen-bond acceptors (Lipinski definition) is 3. The Kier molecular flexibility index (Phi) is 7.82. The highest BCUT2D eigenvalue weighted by atomic mass is 16.5. The normalized spacial score (nSPS) is 20.5. The molecule has 1 fully saturated rings. The highest BCUT2D eigenvalue weighted by Gasteiger charge is 2.15. The van der Waals surface area contributed by atoms with Crippen molar-refractivity contribution < 1.29 is 4.74 Å². The van der Waals surface area contributed by atoms with E-state index in [4.69, 9.17) is 4.74 Å². The van der Waals surface area contributed by atoms with Gasteiger partial charge < -0.3 is 10.1 Å². The lowest BCUT2D eigenvalue weighted by atomic mass is 10.1. The van der Waals surface area contributed by atoms with Gasteiger partial charge >= 0.3 is 0 Å². The van der Waals surface area contributed by atoms with Crippen molar-refractivity contribution in [2.24, 2.45) is 5.92 Å². The predicted octanol–water partition coefficient (Wildman–Crippen LogP) is 2.12. The molecule has 1 saturated heterocycles. The van der Waals surface area contributed by atoms with Crippen molar-refractivity contribution in [3.05, 3.63) is 0 Å². The van der Waals surface area contributed by atoms with Crippen LogP contribution in [-0.2, 0) is 4.74 Å². The summed E-state index contributed by atoms with van der Waals surface area (Å²) in [5, 5.41) is 3.51. The Bertz CT molecular complexity index is 177. The summed E-state index contributed by atoms with van der Waals surface area (Å²) in [6.45, 7) is 13.3. The van der Waals surface area contributed by atoms with Gasteiger partial charge in [0.1, 0.15) is 0 Å². The molecule has 1 unspecified atom stereocenters. The van der Waals surface area contributed by atoms with Crippen molar-refractivity contribution in [3.63, 3.8) is 0 Å². The summed E-state index contributed by atoms with van der Waals surface area (Å²) in [6.07, 6.45) is 3.77. The van der Waals surface area contributed by atoms with Gasteiger partial charge in [-0.1, -0.05) is 13.8 Å². The standard InChI is InChI=1S/C14H30N2O/c1-13(2)12-15-7-4-6-14(3)16-8-5-10-17-11-9-16/h13-15H,4-12H2,1-3H3. The highest BCUT2D eigenvalue weighted by Crippen LogP contribution is 2.09. The molecule has 0 radical (unpaired) electrons. The third kappa shape index (κ3) is 7.02. The van der Waals surface area contributed by atoms with Crippen LogP contribution in [0.15, 0.2) is 0 Å². The molecule has 3 nitrogen and oxygen atoms in total. The van der Waals surface area contributed by atoms with Crippen LogP contribution < -0.4 is 5.32 Å². The van der Waals surface area contributed by atoms with Gasteiger partial charge in [0.2, 0.25) is 0 Å². The molecule has 17 heavy (non-hydrogen) atoms. The molecule has 1 aliphatic rings. The zero-order valence-electron chi connectivity index (χ0n) is 11.9. The number of rotatable bonds is 7. The first-order chi connectivity index (χ1) is 8.20. The monoisotopic (exact) mass is 242 g/mol. The smallest absolute Gasteiger partial charge is 0.0593 e. The molecule has 1 heterocycles. The summed E-state index contributed by atoms with van der Waals surface area (Å²) in [7, 11) is 0. The first-order valence-corrected chi connectivity index (χ1v) is 7.22. The maximum absolute atomic E-state index is 5.49. The van der Waals surface area contributed by atoms with Crippen LogP contribution in [0.2, 0.25) is 0 Å². The van der Waals surface area contributed by atoms with Gasteiger partial charge in [0, 0.05) is 25.7 Å². The van der Waals surface area contributed by atoms with E-state index in [0.717, 1.165) is 38.8 Å². The Labute approximate surface area is 107 Å². The fourth-order valence-corrected chi connectivity index (χ4v) is 2.30. The van der Waals surface area contributed by atoms with Crippen LogP contribution in [0.5, 0.6) is 0 Å². The van der Waals surface area contributed by atoms with E-state index < -0.39 is 0 Å². The van der Waals surface area contributed by atoms with E-state index in [1.54, 1.807) is 0 Å². The summed E-state index contributed by atoms with van der Waals surface area (Å²) in [6, 6.07) is 0.706. The molecular formula is C14H30N2O. The van der Waals surface area contributed by atoms with Crippen molar-refractivity contribution in [3.8, 4) is 0 Å². The average molecular weight is 242 g/mol. The number of nitrogens with zero attached hydrogens (tertiary/aromatic N) is 1. The predicted molar refractivity (Wildman–Crippen MR) is 73.4 cm³/mol. The molecule has 0 aromatic carbocycles. The molecule has 0 amide bonds. The lowest BCUT2D eigenvalue weighted by Gasteiger charge is -2.27. The van der Waals surface area contributed by atoms with Gasteiger partial charge in [-0.25, -0.2) is 0 Å². The fourth-order valence-electron chi connectivity index (χ4n) is 2.30. The van der Waals surface area contributed by atoms with Crippen LogP contribution in [-0.4, -0.2) is 50.3 Å². The molecule has 102 valence electrons. The van der Waals surface area contributed by atoms with Gasteiger partial charge in [-0.3, -0.25) is 4.90 Å². The van der Waals surface area contributed by atoms with E-state index in [1.807, 2.05) is 0 Å². The lowest BCUT2D eigenvalue weighted by molar-refractivity contribution is 0.132. The van der Waals surface area contributed by atoms with Crippen molar-refractivity contribution in [2.75, 3.05) is 39.4 Å². The first-order valence-electron chi connectivity index (χ1n) is 7.22. The molecule has 1 atom stereocenters. The zero-order valence-corrected chi connectivity index (χ0v) is 11.9. The van der Waals surface area contributed by atoms with Gasteiger partial charge in [0.25, 0.3) is 0 Å². The molecule has 0 aromatic heterocycles. The van der Waals surface area contributed by atoms with Crippen LogP contribution in [0.4, 0.5) is 0 Å². The third-order valence-corrected chi connectivity index (χ3v) is 3.41. The Morgan fingerprint density at radius 3 is 2.76 bits per heavy atom. The van der Waals surface area contributed by atoms with Crippen molar-refractivity contribution in [1.82, 2.24) is 10.2 Å². The number of ether oxygens (including phenoxy) is 1. The lowest BCUT2D eigenvalue weighted by Crippen LogP contribution is -2.35. The maximum atomic E-state index is 5.49. The van der Waals surface area contributed by atoms with Crippen LogP contribution in [0, 0.1) is 5.92 Å². The molecule has 0 aromatic rings. The molecule has 1 N–H and O–H groups in total. The Hall–Kier alpha value is -0.120. The maximum Gasteiger partial charge on any atom is 0.0593 e. The van der Waals surface area contributed by atoms with Crippen molar-refractivity contribution in [1.29, 1.82) is 0 Å². The minimum absolute atomic E-state index is 0.706. The number of nitrogens with one attached hydrogen (secondary N) is 1. The topological polar surface area (TPSA) is 24.5 Å². The molecule has 0 saturated carbocycles. The van der Waals surface area contributed by atoms with Crippen LogP contribution in [0.3, 0.4) is 0 Å². The molecule has 1 aliphatic heterocycles.